The first-order valence-electron chi connectivity index (χ1n) is 6.39. The number of pyridine rings is 2. The summed E-state index contributed by atoms with van der Waals surface area (Å²) in [6.45, 7) is 2.31. The van der Waals surface area contributed by atoms with Gasteiger partial charge in [-0.1, -0.05) is 0 Å². The van der Waals surface area contributed by atoms with Gasteiger partial charge in [0.05, 0.1) is 12.4 Å². The molecule has 0 aliphatic carbocycles. The van der Waals surface area contributed by atoms with Crippen molar-refractivity contribution in [1.82, 2.24) is 4.98 Å². The fourth-order valence-corrected chi connectivity index (χ4v) is 2.30. The molecule has 0 unspecified atom stereocenters. The normalized spacial score (nSPS) is 10.1. The maximum absolute atomic E-state index is 11.9. The van der Waals surface area contributed by atoms with E-state index in [1.807, 2.05) is 6.92 Å². The minimum atomic E-state index is -0.224. The third kappa shape index (κ3) is 4.35. The molecule has 0 atom stereocenters. The summed E-state index contributed by atoms with van der Waals surface area (Å²) in [7, 11) is 0. The van der Waals surface area contributed by atoms with Crippen molar-refractivity contribution >= 4 is 23.4 Å². The Morgan fingerprint density at radius 1 is 1.43 bits per heavy atom. The molecule has 21 heavy (non-hydrogen) atoms. The van der Waals surface area contributed by atoms with E-state index >= 15 is 0 Å². The van der Waals surface area contributed by atoms with Gasteiger partial charge in [0.25, 0.3) is 5.03 Å². The lowest BCUT2D eigenvalue weighted by Gasteiger charge is -2.09. The summed E-state index contributed by atoms with van der Waals surface area (Å²) in [5.74, 6) is 0.293. The lowest BCUT2D eigenvalue weighted by atomic mass is 10.4. The van der Waals surface area contributed by atoms with Crippen LogP contribution in [0.5, 0.6) is 5.88 Å². The SMILES string of the molecule is CCOc1ncccc1NC(=O)CSc1cccc[n+]1[O-]. The average Bonchev–Trinajstić information content (AvgIpc) is 2.49. The first-order chi connectivity index (χ1) is 10.2. The van der Waals surface area contributed by atoms with Gasteiger partial charge in [-0.15, -0.1) is 0 Å². The Hall–Kier alpha value is -2.28. The van der Waals surface area contributed by atoms with Gasteiger partial charge < -0.3 is 15.3 Å². The van der Waals surface area contributed by atoms with E-state index in [-0.39, 0.29) is 11.7 Å². The third-order valence-corrected chi connectivity index (χ3v) is 3.48. The third-order valence-electron chi connectivity index (χ3n) is 2.47. The molecule has 0 saturated heterocycles. The highest BCUT2D eigenvalue weighted by Crippen LogP contribution is 2.21. The van der Waals surface area contributed by atoms with E-state index in [4.69, 9.17) is 4.74 Å². The summed E-state index contributed by atoms with van der Waals surface area (Å²) in [5.41, 5.74) is 0.521. The molecule has 0 aliphatic rings. The molecule has 2 rings (SSSR count). The lowest BCUT2D eigenvalue weighted by Crippen LogP contribution is -2.28. The smallest absolute Gasteiger partial charge is 0.251 e. The summed E-state index contributed by atoms with van der Waals surface area (Å²) in [6, 6.07) is 8.50. The van der Waals surface area contributed by atoms with Crippen LogP contribution in [0.4, 0.5) is 5.69 Å². The Bertz CT molecular complexity index is 622. The number of anilines is 1. The molecule has 1 N–H and O–H groups in total. The number of hydrogen-bond acceptors (Lipinski definition) is 5. The minimum Gasteiger partial charge on any atom is -0.618 e. The number of ether oxygens (including phenoxy) is 1. The van der Waals surface area contributed by atoms with Gasteiger partial charge >= 0.3 is 0 Å². The van der Waals surface area contributed by atoms with Crippen molar-refractivity contribution in [1.29, 1.82) is 0 Å². The molecule has 7 heteroatoms. The average molecular weight is 305 g/mol. The van der Waals surface area contributed by atoms with Gasteiger partial charge in [0, 0.05) is 18.3 Å². The van der Waals surface area contributed by atoms with Gasteiger partial charge in [0.15, 0.2) is 6.20 Å². The number of nitrogens with zero attached hydrogens (tertiary/aromatic N) is 2. The van der Waals surface area contributed by atoms with Crippen molar-refractivity contribution in [2.45, 2.75) is 11.9 Å². The second-order valence-electron chi connectivity index (χ2n) is 3.99. The summed E-state index contributed by atoms with van der Waals surface area (Å²) in [6.07, 6.45) is 2.99. The van der Waals surface area contributed by atoms with Gasteiger partial charge in [0.2, 0.25) is 11.8 Å². The van der Waals surface area contributed by atoms with Crippen molar-refractivity contribution in [3.05, 3.63) is 47.9 Å². The fourth-order valence-electron chi connectivity index (χ4n) is 1.59. The van der Waals surface area contributed by atoms with Crippen LogP contribution in [0.3, 0.4) is 0 Å². The van der Waals surface area contributed by atoms with Gasteiger partial charge in [-0.2, -0.15) is 4.73 Å². The van der Waals surface area contributed by atoms with Crippen molar-refractivity contribution in [2.75, 3.05) is 17.7 Å². The van der Waals surface area contributed by atoms with Gasteiger partial charge in [-0.25, -0.2) is 4.98 Å². The van der Waals surface area contributed by atoms with E-state index in [9.17, 15) is 10.0 Å². The molecule has 2 aromatic heterocycles. The quantitative estimate of drug-likeness (QED) is 0.500. The highest BCUT2D eigenvalue weighted by atomic mass is 32.2. The number of carbonyl (C=O) groups excluding carboxylic acids is 1. The number of nitrogens with one attached hydrogen (secondary N) is 1. The Morgan fingerprint density at radius 3 is 3.05 bits per heavy atom. The molecule has 110 valence electrons. The minimum absolute atomic E-state index is 0.132. The molecule has 0 radical (unpaired) electrons. The number of aromatic nitrogens is 2. The van der Waals surface area contributed by atoms with Crippen LogP contribution in [0.15, 0.2) is 47.8 Å². The van der Waals surface area contributed by atoms with E-state index in [1.54, 1.807) is 36.5 Å². The largest absolute Gasteiger partial charge is 0.618 e. The first kappa shape index (κ1) is 15.1. The van der Waals surface area contributed by atoms with Crippen LogP contribution in [-0.4, -0.2) is 23.3 Å². The van der Waals surface area contributed by atoms with E-state index in [0.29, 0.717) is 23.2 Å². The zero-order chi connectivity index (χ0) is 15.1. The van der Waals surface area contributed by atoms with Crippen LogP contribution in [-0.2, 0) is 4.79 Å². The van der Waals surface area contributed by atoms with Crippen molar-refractivity contribution in [2.24, 2.45) is 0 Å². The van der Waals surface area contributed by atoms with Crippen LogP contribution in [0, 0.1) is 5.21 Å². The molecule has 0 fully saturated rings. The predicted octanol–water partition coefficient (Wildman–Crippen LogP) is 1.84. The van der Waals surface area contributed by atoms with Gasteiger partial charge in [-0.3, -0.25) is 4.79 Å². The van der Waals surface area contributed by atoms with Gasteiger partial charge in [-0.05, 0) is 36.9 Å². The Balaban J connectivity index is 1.95. The molecular weight excluding hydrogens is 290 g/mol. The van der Waals surface area contributed by atoms with E-state index in [0.717, 1.165) is 4.73 Å². The second kappa shape index (κ2) is 7.49. The van der Waals surface area contributed by atoms with E-state index in [2.05, 4.69) is 10.3 Å². The van der Waals surface area contributed by atoms with Crippen LogP contribution in [0.25, 0.3) is 0 Å². The predicted molar refractivity (Wildman–Crippen MR) is 80.2 cm³/mol. The molecule has 0 bridgehead atoms. The molecular formula is C14H15N3O3S. The lowest BCUT2D eigenvalue weighted by molar-refractivity contribution is -0.645. The number of amides is 1. The van der Waals surface area contributed by atoms with Crippen molar-refractivity contribution in [3.8, 4) is 5.88 Å². The molecule has 0 aliphatic heterocycles. The highest BCUT2D eigenvalue weighted by Gasteiger charge is 2.11. The Morgan fingerprint density at radius 2 is 2.29 bits per heavy atom. The van der Waals surface area contributed by atoms with Crippen LogP contribution in [0.2, 0.25) is 0 Å². The number of thioether (sulfide) groups is 1. The van der Waals surface area contributed by atoms with Crippen LogP contribution < -0.4 is 14.8 Å². The van der Waals surface area contributed by atoms with E-state index in [1.165, 1.54) is 18.0 Å². The second-order valence-corrected chi connectivity index (χ2v) is 4.99. The maximum Gasteiger partial charge on any atom is 0.251 e. The summed E-state index contributed by atoms with van der Waals surface area (Å²) in [5, 5.41) is 14.7. The molecule has 0 aromatic carbocycles. The van der Waals surface area contributed by atoms with Gasteiger partial charge in [0.1, 0.15) is 5.69 Å². The molecule has 6 nitrogen and oxygen atoms in total. The highest BCUT2D eigenvalue weighted by molar-refractivity contribution is 7.99. The standard InChI is InChI=1S/C14H15N3O3S/c1-2-20-14-11(6-5-8-15-14)16-12(18)10-21-13-7-3-4-9-17(13)19/h3-9H,2,10H2,1H3,(H,16,18). The van der Waals surface area contributed by atoms with Crippen LogP contribution >= 0.6 is 11.8 Å². The topological polar surface area (TPSA) is 78.2 Å². The van der Waals surface area contributed by atoms with Crippen molar-refractivity contribution in [3.63, 3.8) is 0 Å². The van der Waals surface area contributed by atoms with E-state index < -0.39 is 0 Å². The molecule has 1 amide bonds. The number of carbonyl (C=O) groups is 1. The Kier molecular flexibility index (Phi) is 5.39. The molecule has 0 saturated carbocycles. The molecule has 2 aromatic rings. The first-order valence-corrected chi connectivity index (χ1v) is 7.38. The maximum atomic E-state index is 11.9. The summed E-state index contributed by atoms with van der Waals surface area (Å²) >= 11 is 1.17. The van der Waals surface area contributed by atoms with Crippen LogP contribution in [0.1, 0.15) is 6.92 Å². The molecule has 0 spiro atoms. The number of rotatable bonds is 6. The Labute approximate surface area is 126 Å². The summed E-state index contributed by atoms with van der Waals surface area (Å²) < 4.78 is 6.06. The molecule has 2 heterocycles. The zero-order valence-corrected chi connectivity index (χ0v) is 12.3. The zero-order valence-electron chi connectivity index (χ0n) is 11.5. The monoisotopic (exact) mass is 305 g/mol. The summed E-state index contributed by atoms with van der Waals surface area (Å²) in [4.78, 5) is 16.0. The fraction of sp³-hybridized carbons (Fsp3) is 0.214. The van der Waals surface area contributed by atoms with Crippen molar-refractivity contribution < 1.29 is 14.3 Å². The number of hydrogen-bond donors (Lipinski definition) is 1.